The van der Waals surface area contributed by atoms with Gasteiger partial charge >= 0.3 is 6.18 Å². The molecule has 7 nitrogen and oxygen atoms in total. The van der Waals surface area contributed by atoms with Crippen molar-refractivity contribution in [2.24, 2.45) is 0 Å². The highest BCUT2D eigenvalue weighted by molar-refractivity contribution is 7.92. The predicted octanol–water partition coefficient (Wildman–Crippen LogP) is 4.88. The van der Waals surface area contributed by atoms with Gasteiger partial charge in [0.15, 0.2) is 5.03 Å². The number of rotatable bonds is 6. The van der Waals surface area contributed by atoms with Gasteiger partial charge in [0.05, 0.1) is 11.3 Å². The van der Waals surface area contributed by atoms with Crippen molar-refractivity contribution in [2.75, 3.05) is 29.8 Å². The summed E-state index contributed by atoms with van der Waals surface area (Å²) < 4.78 is 69.4. The fourth-order valence-electron chi connectivity index (χ4n) is 4.11. The van der Waals surface area contributed by atoms with Crippen LogP contribution in [0.2, 0.25) is 0 Å². The smallest absolute Gasteiger partial charge is 0.356 e. The van der Waals surface area contributed by atoms with Crippen LogP contribution in [0.4, 0.5) is 24.8 Å². The monoisotopic (exact) mass is 541 g/mol. The molecule has 0 aliphatic carbocycles. The number of hydrogen-bond donors (Lipinski definition) is 2. The fourth-order valence-corrected chi connectivity index (χ4v) is 5.07. The second kappa shape index (κ2) is 11.0. The van der Waals surface area contributed by atoms with E-state index >= 15 is 0 Å². The number of piperidine rings is 1. The molecule has 3 aromatic rings. The first-order valence-electron chi connectivity index (χ1n) is 11.1. The van der Waals surface area contributed by atoms with Crippen LogP contribution in [-0.2, 0) is 16.2 Å². The molecule has 0 spiro atoms. The van der Waals surface area contributed by atoms with Gasteiger partial charge in [-0.05, 0) is 56.6 Å². The first kappa shape index (κ1) is 27.7. The molecule has 0 saturated carbocycles. The average Bonchev–Trinajstić information content (AvgIpc) is 2.83. The molecule has 1 saturated heterocycles. The lowest BCUT2D eigenvalue weighted by Crippen LogP contribution is -2.41. The minimum absolute atomic E-state index is 0. The number of hydrogen-bond acceptors (Lipinski definition) is 6. The van der Waals surface area contributed by atoms with Gasteiger partial charge in [0.1, 0.15) is 11.6 Å². The Morgan fingerprint density at radius 3 is 2.31 bits per heavy atom. The quantitative estimate of drug-likeness (QED) is 0.462. The van der Waals surface area contributed by atoms with Crippen molar-refractivity contribution in [3.8, 4) is 11.3 Å². The van der Waals surface area contributed by atoms with Crippen molar-refractivity contribution in [1.29, 1.82) is 0 Å². The number of aryl methyl sites for hydroxylation is 1. The molecule has 1 aromatic carbocycles. The number of aromatic nitrogens is 2. The Balaban J connectivity index is 0.00000361. The molecular formula is C24H27ClF3N5O2S. The van der Waals surface area contributed by atoms with E-state index in [0.717, 1.165) is 38.1 Å². The van der Waals surface area contributed by atoms with Crippen LogP contribution in [0.5, 0.6) is 0 Å². The molecule has 0 unspecified atom stereocenters. The molecule has 1 aliphatic heterocycles. The second-order valence-corrected chi connectivity index (χ2v) is 10.0. The summed E-state index contributed by atoms with van der Waals surface area (Å²) in [6.45, 7) is 3.13. The molecule has 0 bridgehead atoms. The van der Waals surface area contributed by atoms with Crippen molar-refractivity contribution < 1.29 is 21.6 Å². The maximum absolute atomic E-state index is 13.7. The van der Waals surface area contributed by atoms with E-state index in [2.05, 4.69) is 20.0 Å². The second-order valence-electron chi connectivity index (χ2n) is 8.39. The van der Waals surface area contributed by atoms with Crippen molar-refractivity contribution in [2.45, 2.75) is 37.0 Å². The summed E-state index contributed by atoms with van der Waals surface area (Å²) in [7, 11) is -2.28. The zero-order valence-electron chi connectivity index (χ0n) is 19.7. The number of halogens is 4. The zero-order chi connectivity index (χ0) is 25.2. The van der Waals surface area contributed by atoms with E-state index in [4.69, 9.17) is 0 Å². The third-order valence-corrected chi connectivity index (χ3v) is 7.31. The molecule has 12 heteroatoms. The lowest BCUT2D eigenvalue weighted by Gasteiger charge is -2.32. The topological polar surface area (TPSA) is 87.2 Å². The van der Waals surface area contributed by atoms with Crippen LogP contribution in [0.25, 0.3) is 11.3 Å². The molecule has 1 aliphatic rings. The molecule has 2 N–H and O–H groups in total. The largest absolute Gasteiger partial charge is 0.418 e. The van der Waals surface area contributed by atoms with Crippen molar-refractivity contribution in [3.63, 3.8) is 0 Å². The summed E-state index contributed by atoms with van der Waals surface area (Å²) >= 11 is 0. The van der Waals surface area contributed by atoms with Crippen LogP contribution in [0.1, 0.15) is 24.0 Å². The van der Waals surface area contributed by atoms with Gasteiger partial charge in [-0.3, -0.25) is 4.72 Å². The van der Waals surface area contributed by atoms with E-state index in [-0.39, 0.29) is 34.5 Å². The Hall–Kier alpha value is -2.89. The number of pyridine rings is 2. The molecule has 1 fully saturated rings. The van der Waals surface area contributed by atoms with Gasteiger partial charge in [0, 0.05) is 24.7 Å². The Kier molecular flexibility index (Phi) is 8.48. The van der Waals surface area contributed by atoms with Crippen LogP contribution in [0.15, 0.2) is 59.6 Å². The fraction of sp³-hybridized carbons (Fsp3) is 0.333. The first-order chi connectivity index (χ1) is 16.6. The molecule has 194 valence electrons. The average molecular weight is 542 g/mol. The lowest BCUT2D eigenvalue weighted by molar-refractivity contribution is -0.137. The third kappa shape index (κ3) is 6.08. The molecule has 0 amide bonds. The normalized spacial score (nSPS) is 14.9. The van der Waals surface area contributed by atoms with E-state index in [1.54, 1.807) is 37.3 Å². The summed E-state index contributed by atoms with van der Waals surface area (Å²) in [5, 5.41) is 3.01. The van der Waals surface area contributed by atoms with E-state index in [1.165, 1.54) is 12.1 Å². The first-order valence-corrected chi connectivity index (χ1v) is 12.6. The Morgan fingerprint density at radius 2 is 1.67 bits per heavy atom. The van der Waals surface area contributed by atoms with E-state index in [0.29, 0.717) is 17.4 Å². The molecule has 2 aromatic heterocycles. The highest BCUT2D eigenvalue weighted by Crippen LogP contribution is 2.38. The summed E-state index contributed by atoms with van der Waals surface area (Å²) in [6.07, 6.45) is -2.84. The van der Waals surface area contributed by atoms with Gasteiger partial charge in [0.2, 0.25) is 0 Å². The molecule has 36 heavy (non-hydrogen) atoms. The molecular weight excluding hydrogens is 515 g/mol. The van der Waals surface area contributed by atoms with Gasteiger partial charge in [-0.2, -0.15) is 21.6 Å². The highest BCUT2D eigenvalue weighted by atomic mass is 35.5. The van der Waals surface area contributed by atoms with Crippen molar-refractivity contribution in [1.82, 2.24) is 15.3 Å². The highest BCUT2D eigenvalue weighted by Gasteiger charge is 2.35. The standard InChI is InChI=1S/C24H26F3N5O2S.ClH/c1-16-6-3-4-7-18(16)23-19(24(25,26)27)10-11-20(29-23)31-35(33,34)22-9-5-8-21(30-22)32-14-12-17(28-2)13-15-32;/h3-11,17,28H,12-15H2,1-2H3,(H,29,31);1H. The SMILES string of the molecule is CNC1CCN(c2cccc(S(=O)(=O)Nc3ccc(C(F)(F)F)c(-c4ccccc4C)n3)n2)CC1.Cl. The summed E-state index contributed by atoms with van der Waals surface area (Å²) in [6, 6.07) is 13.4. The zero-order valence-corrected chi connectivity index (χ0v) is 21.3. The Labute approximate surface area is 214 Å². The summed E-state index contributed by atoms with van der Waals surface area (Å²) in [5.41, 5.74) is -0.433. The Morgan fingerprint density at radius 1 is 0.972 bits per heavy atom. The maximum atomic E-state index is 13.7. The number of benzene rings is 1. The van der Waals surface area contributed by atoms with Gasteiger partial charge in [0.25, 0.3) is 10.0 Å². The molecule has 4 rings (SSSR count). The van der Waals surface area contributed by atoms with Crippen molar-refractivity contribution in [3.05, 3.63) is 65.7 Å². The lowest BCUT2D eigenvalue weighted by atomic mass is 10.0. The number of nitrogens with one attached hydrogen (secondary N) is 2. The number of alkyl halides is 3. The van der Waals surface area contributed by atoms with E-state index < -0.39 is 21.8 Å². The minimum Gasteiger partial charge on any atom is -0.356 e. The van der Waals surface area contributed by atoms with Gasteiger partial charge in [-0.25, -0.2) is 9.97 Å². The van der Waals surface area contributed by atoms with Crippen LogP contribution in [0, 0.1) is 6.92 Å². The van der Waals surface area contributed by atoms with Gasteiger partial charge < -0.3 is 10.2 Å². The number of sulfonamides is 1. The van der Waals surface area contributed by atoms with Gasteiger partial charge in [-0.15, -0.1) is 12.4 Å². The summed E-state index contributed by atoms with van der Waals surface area (Å²) in [4.78, 5) is 10.4. The van der Waals surface area contributed by atoms with Crippen LogP contribution in [-0.4, -0.2) is 44.6 Å². The van der Waals surface area contributed by atoms with E-state index in [9.17, 15) is 21.6 Å². The van der Waals surface area contributed by atoms with Crippen LogP contribution >= 0.6 is 12.4 Å². The maximum Gasteiger partial charge on any atom is 0.418 e. The van der Waals surface area contributed by atoms with Gasteiger partial charge in [-0.1, -0.05) is 30.3 Å². The Bertz CT molecular complexity index is 1310. The summed E-state index contributed by atoms with van der Waals surface area (Å²) in [5.74, 6) is 0.307. The van der Waals surface area contributed by atoms with Crippen molar-refractivity contribution >= 4 is 34.1 Å². The number of nitrogens with zero attached hydrogens (tertiary/aromatic N) is 3. The number of anilines is 2. The minimum atomic E-state index is -4.65. The van der Waals surface area contributed by atoms with Crippen LogP contribution < -0.4 is 14.9 Å². The molecule has 3 heterocycles. The van der Waals surface area contributed by atoms with Crippen LogP contribution in [0.3, 0.4) is 0 Å². The third-order valence-electron chi connectivity index (χ3n) is 6.05. The predicted molar refractivity (Wildman–Crippen MR) is 136 cm³/mol. The van der Waals surface area contributed by atoms with E-state index in [1.807, 2.05) is 11.9 Å². The molecule has 0 radical (unpaired) electrons. The molecule has 0 atom stereocenters.